The molecular weight excluding hydrogens is 282 g/mol. The van der Waals surface area contributed by atoms with Crippen LogP contribution in [0.25, 0.3) is 0 Å². The van der Waals surface area contributed by atoms with Gasteiger partial charge in [-0.1, -0.05) is 23.7 Å². The first-order chi connectivity index (χ1) is 8.98. The lowest BCUT2D eigenvalue weighted by atomic mass is 9.97. The molecule has 0 aliphatic heterocycles. The number of carboxylic acid groups (broad SMARTS) is 1. The van der Waals surface area contributed by atoms with Gasteiger partial charge in [-0.3, -0.25) is 4.79 Å². The summed E-state index contributed by atoms with van der Waals surface area (Å²) in [6.07, 6.45) is 1.51. The Morgan fingerprint density at radius 1 is 1.42 bits per heavy atom. The van der Waals surface area contributed by atoms with Gasteiger partial charge in [0, 0.05) is 10.8 Å². The quantitative estimate of drug-likeness (QED) is 0.722. The van der Waals surface area contributed by atoms with E-state index in [9.17, 15) is 4.79 Å². The van der Waals surface area contributed by atoms with Crippen molar-refractivity contribution in [3.05, 3.63) is 34.9 Å². The Labute approximate surface area is 123 Å². The van der Waals surface area contributed by atoms with Gasteiger partial charge in [-0.15, -0.1) is 0 Å². The average molecular weight is 302 g/mol. The summed E-state index contributed by atoms with van der Waals surface area (Å²) in [5.41, 5.74) is 0.421. The number of carbonyl (C=O) groups is 1. The number of halogens is 1. The van der Waals surface area contributed by atoms with Gasteiger partial charge in [0.15, 0.2) is 0 Å². The summed E-state index contributed by atoms with van der Waals surface area (Å²) >= 11 is 7.63. The molecule has 0 radical (unpaired) electrons. The molecule has 0 saturated carbocycles. The van der Waals surface area contributed by atoms with Gasteiger partial charge >= 0.3 is 5.97 Å². The van der Waals surface area contributed by atoms with Crippen LogP contribution in [-0.2, 0) is 10.5 Å². The second-order valence-electron chi connectivity index (χ2n) is 4.67. The molecule has 0 heterocycles. The number of hydrogen-bond donors (Lipinski definition) is 2. The topological polar surface area (TPSA) is 49.3 Å². The molecule has 0 aromatic heterocycles. The Bertz CT molecular complexity index is 410. The molecule has 106 valence electrons. The Morgan fingerprint density at radius 3 is 2.58 bits per heavy atom. The molecule has 0 spiro atoms. The van der Waals surface area contributed by atoms with Gasteiger partial charge in [0.25, 0.3) is 0 Å². The predicted molar refractivity (Wildman–Crippen MR) is 81.9 cm³/mol. The number of aliphatic carboxylic acids is 1. The van der Waals surface area contributed by atoms with Gasteiger partial charge in [0.2, 0.25) is 0 Å². The van der Waals surface area contributed by atoms with Gasteiger partial charge < -0.3 is 10.4 Å². The Morgan fingerprint density at radius 2 is 2.05 bits per heavy atom. The summed E-state index contributed by atoms with van der Waals surface area (Å²) in [6.45, 7) is 1.72. The number of likely N-dealkylation sites (N-methyl/N-ethyl adjacent to an activating group) is 1. The molecule has 1 rings (SSSR count). The van der Waals surface area contributed by atoms with Crippen molar-refractivity contribution in [2.75, 3.05) is 12.8 Å². The predicted octanol–water partition coefficient (Wildman–Crippen LogP) is 3.42. The van der Waals surface area contributed by atoms with Crippen LogP contribution in [0.1, 0.15) is 25.3 Å². The summed E-state index contributed by atoms with van der Waals surface area (Å²) in [6, 6.07) is 7.81. The van der Waals surface area contributed by atoms with E-state index in [4.69, 9.17) is 16.7 Å². The van der Waals surface area contributed by atoms with Crippen LogP contribution in [0.2, 0.25) is 5.02 Å². The SMILES string of the molecule is CNC(C)(CCCSCc1ccc(Cl)cc1)C(=O)O. The lowest BCUT2D eigenvalue weighted by Crippen LogP contribution is -2.47. The van der Waals surface area contributed by atoms with Crippen molar-refractivity contribution >= 4 is 29.3 Å². The first-order valence-corrected chi connectivity index (χ1v) is 7.76. The van der Waals surface area contributed by atoms with Crippen molar-refractivity contribution in [1.29, 1.82) is 0 Å². The van der Waals surface area contributed by atoms with Crippen LogP contribution in [0, 0.1) is 0 Å². The first-order valence-electron chi connectivity index (χ1n) is 6.22. The zero-order valence-corrected chi connectivity index (χ0v) is 12.9. The molecule has 1 atom stereocenters. The monoisotopic (exact) mass is 301 g/mol. The fourth-order valence-corrected chi connectivity index (χ4v) is 2.68. The molecule has 0 fully saturated rings. The van der Waals surface area contributed by atoms with Crippen LogP contribution in [0.4, 0.5) is 0 Å². The summed E-state index contributed by atoms with van der Waals surface area (Å²) in [5, 5.41) is 12.7. The molecule has 0 aliphatic rings. The highest BCUT2D eigenvalue weighted by Crippen LogP contribution is 2.19. The van der Waals surface area contributed by atoms with E-state index in [-0.39, 0.29) is 0 Å². The van der Waals surface area contributed by atoms with Crippen molar-refractivity contribution in [1.82, 2.24) is 5.32 Å². The molecule has 1 aromatic carbocycles. The van der Waals surface area contributed by atoms with E-state index in [1.807, 2.05) is 36.0 Å². The minimum atomic E-state index is -0.819. The lowest BCUT2D eigenvalue weighted by Gasteiger charge is -2.23. The van der Waals surface area contributed by atoms with E-state index in [0.717, 1.165) is 22.9 Å². The van der Waals surface area contributed by atoms with E-state index in [0.29, 0.717) is 6.42 Å². The summed E-state index contributed by atoms with van der Waals surface area (Å²) in [7, 11) is 1.69. The maximum atomic E-state index is 11.1. The largest absolute Gasteiger partial charge is 0.480 e. The molecule has 0 amide bonds. The molecule has 1 aromatic rings. The summed E-state index contributed by atoms with van der Waals surface area (Å²) in [4.78, 5) is 11.1. The van der Waals surface area contributed by atoms with Gasteiger partial charge in [-0.2, -0.15) is 11.8 Å². The molecule has 0 aliphatic carbocycles. The number of benzene rings is 1. The minimum absolute atomic E-state index is 0.631. The molecular formula is C14H20ClNO2S. The van der Waals surface area contributed by atoms with E-state index < -0.39 is 11.5 Å². The third-order valence-corrected chi connectivity index (χ3v) is 4.54. The smallest absolute Gasteiger partial charge is 0.323 e. The van der Waals surface area contributed by atoms with Crippen LogP contribution in [0.15, 0.2) is 24.3 Å². The highest BCUT2D eigenvalue weighted by atomic mass is 35.5. The second kappa shape index (κ2) is 7.78. The van der Waals surface area contributed by atoms with E-state index in [1.54, 1.807) is 14.0 Å². The molecule has 3 nitrogen and oxygen atoms in total. The third kappa shape index (κ3) is 5.43. The zero-order chi connectivity index (χ0) is 14.3. The first kappa shape index (κ1) is 16.3. The maximum absolute atomic E-state index is 11.1. The van der Waals surface area contributed by atoms with Gasteiger partial charge in [0.05, 0.1) is 0 Å². The molecule has 0 bridgehead atoms. The average Bonchev–Trinajstić information content (AvgIpc) is 2.40. The summed E-state index contributed by atoms with van der Waals surface area (Å²) < 4.78 is 0. The maximum Gasteiger partial charge on any atom is 0.323 e. The Balaban J connectivity index is 2.24. The molecule has 0 saturated heterocycles. The van der Waals surface area contributed by atoms with Gasteiger partial charge in [-0.25, -0.2) is 0 Å². The number of nitrogens with one attached hydrogen (secondary N) is 1. The van der Waals surface area contributed by atoms with Crippen molar-refractivity contribution in [3.8, 4) is 0 Å². The van der Waals surface area contributed by atoms with E-state index >= 15 is 0 Å². The normalized spacial score (nSPS) is 14.1. The fourth-order valence-electron chi connectivity index (χ4n) is 1.64. The summed E-state index contributed by atoms with van der Waals surface area (Å²) in [5.74, 6) is 1.09. The number of carboxylic acids is 1. The Hall–Kier alpha value is -0.710. The van der Waals surface area contributed by atoms with Crippen LogP contribution >= 0.6 is 23.4 Å². The highest BCUT2D eigenvalue weighted by Gasteiger charge is 2.29. The molecule has 1 unspecified atom stereocenters. The van der Waals surface area contributed by atoms with E-state index in [2.05, 4.69) is 5.32 Å². The van der Waals surface area contributed by atoms with Crippen molar-refractivity contribution in [2.45, 2.75) is 31.1 Å². The van der Waals surface area contributed by atoms with Crippen LogP contribution < -0.4 is 5.32 Å². The standard InChI is InChI=1S/C14H20ClNO2S/c1-14(16-2,13(17)18)8-3-9-19-10-11-4-6-12(15)7-5-11/h4-7,16H,3,8-10H2,1-2H3,(H,17,18). The van der Waals surface area contributed by atoms with Gasteiger partial charge in [0.1, 0.15) is 5.54 Å². The molecule has 2 N–H and O–H groups in total. The minimum Gasteiger partial charge on any atom is -0.480 e. The third-order valence-electron chi connectivity index (χ3n) is 3.17. The Kier molecular flexibility index (Phi) is 6.69. The van der Waals surface area contributed by atoms with Crippen LogP contribution in [0.3, 0.4) is 0 Å². The molecule has 5 heteroatoms. The highest BCUT2D eigenvalue weighted by molar-refractivity contribution is 7.98. The van der Waals surface area contributed by atoms with Crippen molar-refractivity contribution in [3.63, 3.8) is 0 Å². The van der Waals surface area contributed by atoms with E-state index in [1.165, 1.54) is 5.56 Å². The number of thioether (sulfide) groups is 1. The zero-order valence-electron chi connectivity index (χ0n) is 11.3. The second-order valence-corrected chi connectivity index (χ2v) is 6.21. The van der Waals surface area contributed by atoms with Crippen molar-refractivity contribution < 1.29 is 9.90 Å². The van der Waals surface area contributed by atoms with Crippen LogP contribution in [-0.4, -0.2) is 29.4 Å². The number of rotatable bonds is 8. The fraction of sp³-hybridized carbons (Fsp3) is 0.500. The van der Waals surface area contributed by atoms with Gasteiger partial charge in [-0.05, 0) is 50.3 Å². The number of hydrogen-bond acceptors (Lipinski definition) is 3. The van der Waals surface area contributed by atoms with Crippen LogP contribution in [0.5, 0.6) is 0 Å². The van der Waals surface area contributed by atoms with Crippen molar-refractivity contribution in [2.24, 2.45) is 0 Å². The molecule has 19 heavy (non-hydrogen) atoms. The lowest BCUT2D eigenvalue weighted by molar-refractivity contribution is -0.144.